The highest BCUT2D eigenvalue weighted by molar-refractivity contribution is 6.29. The van der Waals surface area contributed by atoms with Gasteiger partial charge in [-0.25, -0.2) is 0 Å². The van der Waals surface area contributed by atoms with Crippen LogP contribution in [0.1, 0.15) is 0 Å². The Morgan fingerprint density at radius 3 is 1.35 bits per heavy atom. The Bertz CT molecular complexity index is 3480. The second kappa shape index (κ2) is 11.6. The normalized spacial score (nSPS) is 12.0. The monoisotopic (exact) mass is 696 g/mol. The van der Waals surface area contributed by atoms with E-state index in [1.54, 1.807) is 0 Å². The third kappa shape index (κ3) is 4.54. The maximum Gasteiger partial charge on any atom is 0.136 e. The van der Waals surface area contributed by atoms with Gasteiger partial charge in [-0.15, -0.1) is 0 Å². The van der Waals surface area contributed by atoms with E-state index in [4.69, 9.17) is 4.42 Å². The van der Waals surface area contributed by atoms with Crippen molar-refractivity contribution in [3.8, 4) is 33.4 Å². The Hall–Kier alpha value is -7.22. The van der Waals surface area contributed by atoms with Gasteiger partial charge in [-0.2, -0.15) is 0 Å². The maximum atomic E-state index is 6.36. The summed E-state index contributed by atoms with van der Waals surface area (Å²) in [6.45, 7) is 0. The van der Waals surface area contributed by atoms with Crippen molar-refractivity contribution in [3.05, 3.63) is 194 Å². The van der Waals surface area contributed by atoms with Gasteiger partial charge in [0.25, 0.3) is 0 Å². The lowest BCUT2D eigenvalue weighted by Gasteiger charge is -2.18. The molecule has 0 aliphatic rings. The molecule has 0 bridgehead atoms. The van der Waals surface area contributed by atoms with Crippen LogP contribution >= 0.6 is 0 Å². The van der Waals surface area contributed by atoms with Crippen molar-refractivity contribution < 1.29 is 4.42 Å². The van der Waals surface area contributed by atoms with Crippen molar-refractivity contribution in [1.82, 2.24) is 0 Å². The summed E-state index contributed by atoms with van der Waals surface area (Å²) in [5.41, 5.74) is 9.32. The predicted octanol–water partition coefficient (Wildman–Crippen LogP) is 15.5. The van der Waals surface area contributed by atoms with Crippen LogP contribution in [-0.2, 0) is 0 Å². The van der Waals surface area contributed by atoms with Gasteiger partial charge in [0.05, 0.1) is 0 Å². The van der Waals surface area contributed by atoms with Gasteiger partial charge >= 0.3 is 0 Å². The molecule has 0 fully saturated rings. The Balaban J connectivity index is 1.01. The summed E-state index contributed by atoms with van der Waals surface area (Å²) in [4.78, 5) is 0. The molecule has 11 aromatic carbocycles. The molecule has 12 rings (SSSR count). The van der Waals surface area contributed by atoms with Crippen molar-refractivity contribution in [2.45, 2.75) is 0 Å². The zero-order valence-electron chi connectivity index (χ0n) is 29.9. The highest BCUT2D eigenvalue weighted by atomic mass is 16.3. The number of furan rings is 1. The fourth-order valence-electron chi connectivity index (χ4n) is 9.29. The highest BCUT2D eigenvalue weighted by Crippen LogP contribution is 2.45. The molecule has 12 aromatic rings. The van der Waals surface area contributed by atoms with Crippen molar-refractivity contribution in [3.63, 3.8) is 0 Å². The Morgan fingerprint density at radius 2 is 0.673 bits per heavy atom. The van der Waals surface area contributed by atoms with E-state index in [1.165, 1.54) is 98.0 Å². The van der Waals surface area contributed by atoms with Crippen LogP contribution in [0.25, 0.3) is 120 Å². The minimum atomic E-state index is 0.926. The van der Waals surface area contributed by atoms with Gasteiger partial charge in [0.2, 0.25) is 0 Å². The van der Waals surface area contributed by atoms with Gasteiger partial charge in [0, 0.05) is 10.8 Å². The third-order valence-electron chi connectivity index (χ3n) is 11.8. The van der Waals surface area contributed by atoms with E-state index in [2.05, 4.69) is 188 Å². The lowest BCUT2D eigenvalue weighted by atomic mass is 9.85. The second-order valence-corrected chi connectivity index (χ2v) is 14.8. The summed E-state index contributed by atoms with van der Waals surface area (Å²) < 4.78 is 6.36. The maximum absolute atomic E-state index is 6.36. The Morgan fingerprint density at radius 1 is 0.218 bits per heavy atom. The summed E-state index contributed by atoms with van der Waals surface area (Å²) in [7, 11) is 0. The fraction of sp³-hybridized carbons (Fsp3) is 0. The lowest BCUT2D eigenvalue weighted by Crippen LogP contribution is -1.91. The number of para-hydroxylation sites is 1. The minimum Gasteiger partial charge on any atom is -0.456 e. The van der Waals surface area contributed by atoms with Crippen LogP contribution in [0.15, 0.2) is 199 Å². The van der Waals surface area contributed by atoms with Crippen LogP contribution in [0.2, 0.25) is 0 Å². The smallest absolute Gasteiger partial charge is 0.136 e. The van der Waals surface area contributed by atoms with Crippen LogP contribution < -0.4 is 0 Å². The van der Waals surface area contributed by atoms with E-state index in [-0.39, 0.29) is 0 Å². The SMILES string of the molecule is c1ccc(-c2c3ccccc3c(-c3ccc4cc(-c5ccc6c(c5)c5ccccc5c5cc7c(cc65)oc5ccccc57)ccc4c3)c3ccccc23)cc1. The van der Waals surface area contributed by atoms with E-state index >= 15 is 0 Å². The molecule has 0 saturated heterocycles. The second-order valence-electron chi connectivity index (χ2n) is 14.8. The molecule has 0 atom stereocenters. The van der Waals surface area contributed by atoms with Gasteiger partial charge in [-0.3, -0.25) is 0 Å². The molecule has 1 heterocycles. The van der Waals surface area contributed by atoms with E-state index in [0.29, 0.717) is 0 Å². The van der Waals surface area contributed by atoms with Crippen LogP contribution in [0.3, 0.4) is 0 Å². The van der Waals surface area contributed by atoms with E-state index in [9.17, 15) is 0 Å². The molecular formula is C54H32O. The van der Waals surface area contributed by atoms with Crippen molar-refractivity contribution >= 4 is 86.6 Å². The molecule has 254 valence electrons. The summed E-state index contributed by atoms with van der Waals surface area (Å²) in [6, 6.07) is 71.1. The highest BCUT2D eigenvalue weighted by Gasteiger charge is 2.18. The summed E-state index contributed by atoms with van der Waals surface area (Å²) >= 11 is 0. The number of rotatable bonds is 3. The molecule has 0 saturated carbocycles. The largest absolute Gasteiger partial charge is 0.456 e. The van der Waals surface area contributed by atoms with Crippen LogP contribution in [0.5, 0.6) is 0 Å². The average Bonchev–Trinajstić information content (AvgIpc) is 3.62. The van der Waals surface area contributed by atoms with Crippen molar-refractivity contribution in [2.75, 3.05) is 0 Å². The molecule has 0 aliphatic heterocycles. The quantitative estimate of drug-likeness (QED) is 0.132. The van der Waals surface area contributed by atoms with Crippen LogP contribution in [0.4, 0.5) is 0 Å². The molecule has 0 aliphatic carbocycles. The Kier molecular flexibility index (Phi) is 6.40. The van der Waals surface area contributed by atoms with Crippen LogP contribution in [0, 0.1) is 0 Å². The standard InChI is InChI=1S/C54H32O/c1-2-12-33(13-3-1)53-43-17-6-8-19-45(43)54(46-20-9-7-18-44(46)53)38-25-24-34-28-35(22-23-36(34)29-38)37-26-27-41-47(30-37)39-14-4-5-15-40(39)48-31-50-42-16-10-11-21-51(42)55-52(50)32-49(41)48/h1-32H. The first-order chi connectivity index (χ1) is 27.3. The van der Waals surface area contributed by atoms with Crippen molar-refractivity contribution in [2.24, 2.45) is 0 Å². The number of fused-ring (bicyclic) bond motifs is 12. The molecule has 1 aromatic heterocycles. The average molecular weight is 697 g/mol. The molecule has 0 spiro atoms. The topological polar surface area (TPSA) is 13.1 Å². The van der Waals surface area contributed by atoms with Gasteiger partial charge in [0.15, 0.2) is 0 Å². The summed E-state index contributed by atoms with van der Waals surface area (Å²) in [5.74, 6) is 0. The van der Waals surface area contributed by atoms with E-state index in [0.717, 1.165) is 21.9 Å². The van der Waals surface area contributed by atoms with Crippen molar-refractivity contribution in [1.29, 1.82) is 0 Å². The van der Waals surface area contributed by atoms with E-state index in [1.807, 2.05) is 6.07 Å². The molecular weight excluding hydrogens is 665 g/mol. The van der Waals surface area contributed by atoms with Gasteiger partial charge in [-0.05, 0) is 134 Å². The molecule has 0 unspecified atom stereocenters. The van der Waals surface area contributed by atoms with Crippen LogP contribution in [-0.4, -0.2) is 0 Å². The molecule has 0 N–H and O–H groups in total. The molecule has 1 heteroatoms. The molecule has 0 radical (unpaired) electrons. The third-order valence-corrected chi connectivity index (χ3v) is 11.8. The number of hydrogen-bond donors (Lipinski definition) is 0. The zero-order chi connectivity index (χ0) is 36.0. The first kappa shape index (κ1) is 30.3. The molecule has 55 heavy (non-hydrogen) atoms. The zero-order valence-corrected chi connectivity index (χ0v) is 29.9. The molecule has 1 nitrogen and oxygen atoms in total. The van der Waals surface area contributed by atoms with Gasteiger partial charge in [0.1, 0.15) is 11.2 Å². The van der Waals surface area contributed by atoms with Gasteiger partial charge in [-0.1, -0.05) is 158 Å². The van der Waals surface area contributed by atoms with Gasteiger partial charge < -0.3 is 4.42 Å². The minimum absolute atomic E-state index is 0.926. The fourth-order valence-corrected chi connectivity index (χ4v) is 9.29. The Labute approximate surface area is 317 Å². The number of hydrogen-bond acceptors (Lipinski definition) is 1. The summed E-state index contributed by atoms with van der Waals surface area (Å²) in [5, 5.41) is 17.4. The lowest BCUT2D eigenvalue weighted by molar-refractivity contribution is 0.669. The predicted molar refractivity (Wildman–Crippen MR) is 235 cm³/mol. The number of benzene rings is 11. The summed E-state index contributed by atoms with van der Waals surface area (Å²) in [6.07, 6.45) is 0. The molecule has 0 amide bonds. The first-order valence-electron chi connectivity index (χ1n) is 19.0. The van der Waals surface area contributed by atoms with E-state index < -0.39 is 0 Å². The first-order valence-corrected chi connectivity index (χ1v) is 19.0.